The lowest BCUT2D eigenvalue weighted by atomic mass is 10.3. The maximum atomic E-state index is 5.76. The van der Waals surface area contributed by atoms with Gasteiger partial charge in [-0.25, -0.2) is 4.98 Å². The van der Waals surface area contributed by atoms with E-state index in [4.69, 9.17) is 5.73 Å². The van der Waals surface area contributed by atoms with Gasteiger partial charge in [-0.2, -0.15) is 0 Å². The summed E-state index contributed by atoms with van der Waals surface area (Å²) in [5.74, 6) is 0. The van der Waals surface area contributed by atoms with Gasteiger partial charge in [-0.15, -0.1) is 0 Å². The highest BCUT2D eigenvalue weighted by Gasteiger charge is 2.11. The highest BCUT2D eigenvalue weighted by Crippen LogP contribution is 2.30. The zero-order chi connectivity index (χ0) is 11.8. The van der Waals surface area contributed by atoms with Crippen LogP contribution < -0.4 is 10.6 Å². The molecule has 5 heteroatoms. The van der Waals surface area contributed by atoms with Crippen LogP contribution >= 0.6 is 11.3 Å². The average Bonchev–Trinajstić information content (AvgIpc) is 2.72. The first-order chi connectivity index (χ1) is 8.22. The van der Waals surface area contributed by atoms with E-state index >= 15 is 0 Å². The van der Waals surface area contributed by atoms with E-state index in [-0.39, 0.29) is 0 Å². The molecule has 4 nitrogen and oxygen atoms in total. The van der Waals surface area contributed by atoms with Crippen molar-refractivity contribution in [2.45, 2.75) is 6.92 Å². The number of nitrogen functional groups attached to an aromatic ring is 1. The van der Waals surface area contributed by atoms with E-state index in [1.807, 2.05) is 42.3 Å². The average molecular weight is 244 g/mol. The summed E-state index contributed by atoms with van der Waals surface area (Å²) in [5, 5.41) is 0.957. The van der Waals surface area contributed by atoms with Crippen molar-refractivity contribution in [3.8, 4) is 0 Å². The number of fused-ring (bicyclic) bond motifs is 1. The van der Waals surface area contributed by atoms with Crippen LogP contribution in [0.5, 0.6) is 0 Å². The van der Waals surface area contributed by atoms with Gasteiger partial charge in [-0.05, 0) is 31.2 Å². The number of anilines is 2. The van der Waals surface area contributed by atoms with Crippen LogP contribution in [-0.4, -0.2) is 17.4 Å². The Balaban J connectivity index is 1.99. The number of hydrogen-bond acceptors (Lipinski definition) is 5. The molecule has 0 unspecified atom stereocenters. The zero-order valence-electron chi connectivity index (χ0n) is 9.42. The summed E-state index contributed by atoms with van der Waals surface area (Å²) >= 11 is 1.63. The van der Waals surface area contributed by atoms with Gasteiger partial charge in [0, 0.05) is 17.6 Å². The molecular formula is C12H12N4S. The molecule has 1 aliphatic rings. The molecule has 0 spiro atoms. The molecule has 1 aromatic heterocycles. The van der Waals surface area contributed by atoms with Crippen molar-refractivity contribution in [3.63, 3.8) is 0 Å². The Labute approximate surface area is 103 Å². The molecule has 0 saturated heterocycles. The topological polar surface area (TPSA) is 54.5 Å². The molecule has 0 saturated carbocycles. The van der Waals surface area contributed by atoms with Crippen molar-refractivity contribution in [1.82, 2.24) is 4.98 Å². The second-order valence-corrected chi connectivity index (χ2v) is 4.96. The summed E-state index contributed by atoms with van der Waals surface area (Å²) in [4.78, 5) is 11.0. The van der Waals surface area contributed by atoms with Crippen LogP contribution in [0.4, 0.5) is 10.8 Å². The number of hydrogen-bond donors (Lipinski definition) is 1. The lowest BCUT2D eigenvalue weighted by molar-refractivity contribution is 0.956. The van der Waals surface area contributed by atoms with Crippen molar-refractivity contribution in [2.24, 2.45) is 4.99 Å². The summed E-state index contributed by atoms with van der Waals surface area (Å²) in [6.07, 6.45) is 4.01. The van der Waals surface area contributed by atoms with E-state index in [1.165, 1.54) is 0 Å². The minimum Gasteiger partial charge on any atom is -0.399 e. The fourth-order valence-electron chi connectivity index (χ4n) is 1.66. The summed E-state index contributed by atoms with van der Waals surface area (Å²) in [5.41, 5.74) is 8.57. The summed E-state index contributed by atoms with van der Waals surface area (Å²) in [6.45, 7) is 2.63. The van der Waals surface area contributed by atoms with Gasteiger partial charge < -0.3 is 10.6 Å². The third-order valence-electron chi connectivity index (χ3n) is 2.62. The minimum absolute atomic E-state index is 0.637. The number of nitrogens with two attached hydrogens (primary N) is 1. The van der Waals surface area contributed by atoms with Gasteiger partial charge in [0.15, 0.2) is 5.13 Å². The maximum absolute atomic E-state index is 5.76. The molecule has 86 valence electrons. The van der Waals surface area contributed by atoms with Gasteiger partial charge >= 0.3 is 0 Å². The van der Waals surface area contributed by atoms with Gasteiger partial charge in [0.1, 0.15) is 6.67 Å². The fourth-order valence-corrected chi connectivity index (χ4v) is 2.65. The highest BCUT2D eigenvalue weighted by atomic mass is 32.1. The largest absolute Gasteiger partial charge is 0.399 e. The SMILES string of the molecule is CC1=NCN(c2nc3ccc(N)cc3s2)C=C1. The first-order valence-corrected chi connectivity index (χ1v) is 6.16. The van der Waals surface area contributed by atoms with E-state index in [0.29, 0.717) is 6.67 Å². The molecule has 0 radical (unpaired) electrons. The standard InChI is InChI=1S/C12H12N4S/c1-8-4-5-16(7-14-8)12-15-10-3-2-9(13)6-11(10)17-12/h2-6H,7,13H2,1H3. The minimum atomic E-state index is 0.637. The van der Waals surface area contributed by atoms with Crippen LogP contribution in [0.25, 0.3) is 10.2 Å². The van der Waals surface area contributed by atoms with Crippen molar-refractivity contribution in [1.29, 1.82) is 0 Å². The van der Waals surface area contributed by atoms with Crippen LogP contribution in [0, 0.1) is 0 Å². The first kappa shape index (κ1) is 10.3. The molecule has 1 aromatic carbocycles. The third-order valence-corrected chi connectivity index (χ3v) is 3.67. The number of aromatic nitrogens is 1. The van der Waals surface area contributed by atoms with E-state index in [9.17, 15) is 0 Å². The lowest BCUT2D eigenvalue weighted by Crippen LogP contribution is -2.19. The molecule has 0 aliphatic carbocycles. The predicted octanol–water partition coefficient (Wildman–Crippen LogP) is 2.63. The lowest BCUT2D eigenvalue weighted by Gasteiger charge is -2.17. The summed E-state index contributed by atoms with van der Waals surface area (Å²) < 4.78 is 1.11. The second-order valence-electron chi connectivity index (χ2n) is 3.95. The number of nitrogens with zero attached hydrogens (tertiary/aromatic N) is 3. The number of thiazole rings is 1. The Morgan fingerprint density at radius 3 is 3.06 bits per heavy atom. The monoisotopic (exact) mass is 244 g/mol. The van der Waals surface area contributed by atoms with Crippen LogP contribution in [-0.2, 0) is 0 Å². The van der Waals surface area contributed by atoms with Gasteiger partial charge in [0.2, 0.25) is 0 Å². The van der Waals surface area contributed by atoms with Crippen molar-refractivity contribution in [3.05, 3.63) is 30.5 Å². The number of benzene rings is 1. The van der Waals surface area contributed by atoms with Crippen LogP contribution in [0.1, 0.15) is 6.92 Å². The first-order valence-electron chi connectivity index (χ1n) is 5.34. The number of allylic oxidation sites excluding steroid dienone is 1. The predicted molar refractivity (Wildman–Crippen MR) is 73.6 cm³/mol. The van der Waals surface area contributed by atoms with Crippen LogP contribution in [0.2, 0.25) is 0 Å². The molecule has 0 atom stereocenters. The molecule has 2 heterocycles. The summed E-state index contributed by atoms with van der Waals surface area (Å²) in [7, 11) is 0. The molecule has 2 N–H and O–H groups in total. The van der Waals surface area contributed by atoms with E-state index < -0.39 is 0 Å². The van der Waals surface area contributed by atoms with Gasteiger partial charge in [-0.1, -0.05) is 11.3 Å². The third kappa shape index (κ3) is 1.89. The smallest absolute Gasteiger partial charge is 0.192 e. The molecular weight excluding hydrogens is 232 g/mol. The van der Waals surface area contributed by atoms with Crippen molar-refractivity contribution < 1.29 is 0 Å². The van der Waals surface area contributed by atoms with Crippen molar-refractivity contribution in [2.75, 3.05) is 17.3 Å². The molecule has 0 bridgehead atoms. The Morgan fingerprint density at radius 2 is 2.29 bits per heavy atom. The second kappa shape index (κ2) is 3.85. The molecule has 0 amide bonds. The Bertz CT molecular complexity index is 626. The molecule has 2 aromatic rings. The normalized spacial score (nSPS) is 15.4. The Morgan fingerprint density at radius 1 is 1.41 bits per heavy atom. The summed E-state index contributed by atoms with van der Waals surface area (Å²) in [6, 6.07) is 5.78. The van der Waals surface area contributed by atoms with Gasteiger partial charge in [0.05, 0.1) is 10.2 Å². The highest BCUT2D eigenvalue weighted by molar-refractivity contribution is 7.22. The van der Waals surface area contributed by atoms with E-state index in [1.54, 1.807) is 11.3 Å². The van der Waals surface area contributed by atoms with Crippen LogP contribution in [0.15, 0.2) is 35.5 Å². The molecule has 17 heavy (non-hydrogen) atoms. The number of rotatable bonds is 1. The van der Waals surface area contributed by atoms with Gasteiger partial charge in [-0.3, -0.25) is 4.99 Å². The van der Waals surface area contributed by atoms with E-state index in [2.05, 4.69) is 9.98 Å². The quantitative estimate of drug-likeness (QED) is 0.784. The molecule has 0 fully saturated rings. The van der Waals surface area contributed by atoms with Gasteiger partial charge in [0.25, 0.3) is 0 Å². The molecule has 1 aliphatic heterocycles. The Hall–Kier alpha value is -1.88. The zero-order valence-corrected chi connectivity index (χ0v) is 10.2. The van der Waals surface area contributed by atoms with Crippen molar-refractivity contribution >= 4 is 38.1 Å². The molecule has 3 rings (SSSR count). The van der Waals surface area contributed by atoms with Crippen LogP contribution in [0.3, 0.4) is 0 Å². The maximum Gasteiger partial charge on any atom is 0.192 e. The fraction of sp³-hybridized carbons (Fsp3) is 0.167. The Kier molecular flexibility index (Phi) is 2.33. The van der Waals surface area contributed by atoms with E-state index in [0.717, 1.165) is 26.7 Å². The number of aliphatic imine (C=N–C) groups is 1.